The monoisotopic (exact) mass is 551 g/mol. The minimum atomic E-state index is -0.265. The third-order valence-electron chi connectivity index (χ3n) is 5.61. The van der Waals surface area contributed by atoms with Crippen molar-refractivity contribution in [3.63, 3.8) is 0 Å². The van der Waals surface area contributed by atoms with E-state index >= 15 is 0 Å². The fraction of sp³-hybridized carbons (Fsp3) is 0.214. The largest absolute Gasteiger partial charge is 0.493 e. The Morgan fingerprint density at radius 3 is 2.49 bits per heavy atom. The molecule has 35 heavy (non-hydrogen) atoms. The number of carbonyl (C=O) groups excluding carboxylic acids is 2. The number of nitrogens with zero attached hydrogens (tertiary/aromatic N) is 1. The Hall–Kier alpha value is -3.03. The molecule has 0 spiro atoms. The first-order chi connectivity index (χ1) is 16.9. The molecule has 0 N–H and O–H groups in total. The summed E-state index contributed by atoms with van der Waals surface area (Å²) >= 11 is 4.54. The topological polar surface area (TPSA) is 55.8 Å². The predicted octanol–water partition coefficient (Wildman–Crippen LogP) is 7.01. The van der Waals surface area contributed by atoms with Crippen LogP contribution in [0.1, 0.15) is 28.7 Å². The van der Waals surface area contributed by atoms with Crippen molar-refractivity contribution in [3.05, 3.63) is 98.4 Å². The highest BCUT2D eigenvalue weighted by atomic mass is 79.9. The fourth-order valence-corrected chi connectivity index (χ4v) is 5.11. The lowest BCUT2D eigenvalue weighted by molar-refractivity contribution is -0.122. The van der Waals surface area contributed by atoms with Crippen molar-refractivity contribution in [2.75, 3.05) is 13.7 Å². The van der Waals surface area contributed by atoms with E-state index in [9.17, 15) is 9.59 Å². The van der Waals surface area contributed by atoms with Crippen molar-refractivity contribution in [2.45, 2.75) is 26.4 Å². The number of imide groups is 1. The highest BCUT2D eigenvalue weighted by molar-refractivity contribution is 9.10. The molecule has 180 valence electrons. The van der Waals surface area contributed by atoms with E-state index in [4.69, 9.17) is 9.47 Å². The maximum Gasteiger partial charge on any atom is 0.293 e. The molecule has 0 aliphatic carbocycles. The molecule has 1 aliphatic rings. The van der Waals surface area contributed by atoms with E-state index in [1.54, 1.807) is 19.3 Å². The van der Waals surface area contributed by atoms with Gasteiger partial charge in [0.1, 0.15) is 6.61 Å². The number of halogens is 1. The lowest BCUT2D eigenvalue weighted by atomic mass is 10.1. The zero-order valence-corrected chi connectivity index (χ0v) is 22.0. The summed E-state index contributed by atoms with van der Waals surface area (Å²) in [6, 6.07) is 21.8. The van der Waals surface area contributed by atoms with Crippen molar-refractivity contribution < 1.29 is 19.1 Å². The summed E-state index contributed by atoms with van der Waals surface area (Å²) in [6.07, 6.45) is 3.26. The molecular formula is C28H26BrNO4S. The van der Waals surface area contributed by atoms with E-state index in [0.29, 0.717) is 29.6 Å². The molecule has 1 aliphatic heterocycles. The number of methoxy groups -OCH3 is 1. The summed E-state index contributed by atoms with van der Waals surface area (Å²) in [6.45, 7) is 2.85. The fourth-order valence-electron chi connectivity index (χ4n) is 3.82. The standard InChI is InChI=1S/C28H26BrNO4S/c1-19-8-6-11-21(14-19)18-34-25-17-23(29)22(15-24(25)33-2)16-26-27(31)30(28(32)35-26)13-7-12-20-9-4-3-5-10-20/h3-6,8-11,14-17H,7,12-13,18H2,1-2H3/b26-16+. The van der Waals surface area contributed by atoms with Crippen LogP contribution in [0.5, 0.6) is 11.5 Å². The molecular weight excluding hydrogens is 526 g/mol. The number of thioether (sulfide) groups is 1. The van der Waals surface area contributed by atoms with E-state index in [-0.39, 0.29) is 11.1 Å². The van der Waals surface area contributed by atoms with Crippen molar-refractivity contribution in [1.29, 1.82) is 0 Å². The molecule has 0 bridgehead atoms. The molecule has 1 fully saturated rings. The molecule has 0 atom stereocenters. The predicted molar refractivity (Wildman–Crippen MR) is 144 cm³/mol. The smallest absolute Gasteiger partial charge is 0.293 e. The van der Waals surface area contributed by atoms with Crippen molar-refractivity contribution in [3.8, 4) is 11.5 Å². The Labute approximate surface area is 218 Å². The molecule has 7 heteroatoms. The molecule has 0 saturated carbocycles. The summed E-state index contributed by atoms with van der Waals surface area (Å²) in [7, 11) is 1.58. The quantitative estimate of drug-likeness (QED) is 0.267. The number of hydrogen-bond acceptors (Lipinski definition) is 5. The Bertz CT molecular complexity index is 1260. The number of ether oxygens (including phenoxy) is 2. The average molecular weight is 552 g/mol. The molecule has 1 heterocycles. The first-order valence-electron chi connectivity index (χ1n) is 11.3. The Morgan fingerprint density at radius 1 is 0.971 bits per heavy atom. The molecule has 1 saturated heterocycles. The summed E-state index contributed by atoms with van der Waals surface area (Å²) in [5, 5.41) is -0.240. The second-order valence-electron chi connectivity index (χ2n) is 8.22. The third-order valence-corrected chi connectivity index (χ3v) is 7.20. The highest BCUT2D eigenvalue weighted by Crippen LogP contribution is 2.38. The number of amides is 2. The summed E-state index contributed by atoms with van der Waals surface area (Å²) in [5.41, 5.74) is 4.16. The molecule has 4 rings (SSSR count). The number of rotatable bonds is 9. The van der Waals surface area contributed by atoms with Gasteiger partial charge in [0.2, 0.25) is 0 Å². The van der Waals surface area contributed by atoms with Gasteiger partial charge in [0, 0.05) is 11.0 Å². The van der Waals surface area contributed by atoms with Crippen molar-refractivity contribution in [1.82, 2.24) is 4.90 Å². The van der Waals surface area contributed by atoms with Gasteiger partial charge in [0.15, 0.2) is 11.5 Å². The van der Waals surface area contributed by atoms with Gasteiger partial charge in [0.25, 0.3) is 11.1 Å². The maximum atomic E-state index is 12.9. The molecule has 0 unspecified atom stereocenters. The van der Waals surface area contributed by atoms with Crippen LogP contribution in [0.15, 0.2) is 76.1 Å². The number of aryl methyl sites for hydroxylation is 2. The Morgan fingerprint density at radius 2 is 1.74 bits per heavy atom. The molecule has 0 radical (unpaired) electrons. The van der Waals surface area contributed by atoms with Crippen LogP contribution in [0.2, 0.25) is 0 Å². The van der Waals surface area contributed by atoms with Gasteiger partial charge in [-0.05, 0) is 66.4 Å². The van der Waals surface area contributed by atoms with Crippen molar-refractivity contribution in [2.24, 2.45) is 0 Å². The second kappa shape index (κ2) is 11.6. The minimum absolute atomic E-state index is 0.240. The van der Waals surface area contributed by atoms with E-state index in [1.807, 2.05) is 61.5 Å². The van der Waals surface area contributed by atoms with Gasteiger partial charge in [-0.3, -0.25) is 14.5 Å². The zero-order valence-electron chi connectivity index (χ0n) is 19.6. The lowest BCUT2D eigenvalue weighted by Gasteiger charge is -2.14. The Kier molecular flexibility index (Phi) is 8.31. The Balaban J connectivity index is 1.45. The number of benzene rings is 3. The van der Waals surface area contributed by atoms with Gasteiger partial charge in [0.05, 0.1) is 12.0 Å². The number of hydrogen-bond donors (Lipinski definition) is 0. The summed E-state index contributed by atoms with van der Waals surface area (Å²) in [4.78, 5) is 27.1. The minimum Gasteiger partial charge on any atom is -0.493 e. The van der Waals surface area contributed by atoms with Crippen molar-refractivity contribution >= 4 is 44.9 Å². The summed E-state index contributed by atoms with van der Waals surface area (Å²) in [5.74, 6) is 0.875. The van der Waals surface area contributed by atoms with Crippen LogP contribution >= 0.6 is 27.7 Å². The van der Waals surface area contributed by atoms with Gasteiger partial charge >= 0.3 is 0 Å². The van der Waals surface area contributed by atoms with Gasteiger partial charge in [-0.25, -0.2) is 0 Å². The van der Waals surface area contributed by atoms with Gasteiger partial charge < -0.3 is 9.47 Å². The third kappa shape index (κ3) is 6.35. The first-order valence-corrected chi connectivity index (χ1v) is 12.9. The lowest BCUT2D eigenvalue weighted by Crippen LogP contribution is -2.29. The van der Waals surface area contributed by atoms with E-state index in [2.05, 4.69) is 22.0 Å². The van der Waals surface area contributed by atoms with Crippen LogP contribution in [-0.2, 0) is 17.8 Å². The van der Waals surface area contributed by atoms with E-state index in [1.165, 1.54) is 16.0 Å². The van der Waals surface area contributed by atoms with Crippen LogP contribution in [0.25, 0.3) is 6.08 Å². The summed E-state index contributed by atoms with van der Waals surface area (Å²) < 4.78 is 12.3. The van der Waals surface area contributed by atoms with Crippen LogP contribution in [0.3, 0.4) is 0 Å². The first kappa shape index (κ1) is 25.1. The molecule has 3 aromatic rings. The highest BCUT2D eigenvalue weighted by Gasteiger charge is 2.34. The number of carbonyl (C=O) groups is 2. The maximum absolute atomic E-state index is 12.9. The van der Waals surface area contributed by atoms with Gasteiger partial charge in [-0.2, -0.15) is 0 Å². The zero-order chi connectivity index (χ0) is 24.8. The van der Waals surface area contributed by atoms with Crippen LogP contribution < -0.4 is 9.47 Å². The molecule has 2 amide bonds. The van der Waals surface area contributed by atoms with Crippen LogP contribution in [0.4, 0.5) is 4.79 Å². The molecule has 0 aromatic heterocycles. The van der Waals surface area contributed by atoms with E-state index < -0.39 is 0 Å². The SMILES string of the molecule is COc1cc(/C=C2/SC(=O)N(CCCc3ccccc3)C2=O)c(Br)cc1OCc1cccc(C)c1. The second-order valence-corrected chi connectivity index (χ2v) is 10.1. The molecule has 3 aromatic carbocycles. The average Bonchev–Trinajstić information content (AvgIpc) is 3.12. The van der Waals surface area contributed by atoms with Gasteiger partial charge in [-0.15, -0.1) is 0 Å². The normalized spacial score (nSPS) is 14.6. The molecule has 5 nitrogen and oxygen atoms in total. The van der Waals surface area contributed by atoms with Crippen LogP contribution in [0, 0.1) is 6.92 Å². The van der Waals surface area contributed by atoms with Gasteiger partial charge in [-0.1, -0.05) is 76.1 Å². The van der Waals surface area contributed by atoms with E-state index in [0.717, 1.165) is 40.2 Å². The van der Waals surface area contributed by atoms with Crippen LogP contribution in [-0.4, -0.2) is 29.7 Å².